The van der Waals surface area contributed by atoms with E-state index in [0.29, 0.717) is 43.3 Å². The summed E-state index contributed by atoms with van der Waals surface area (Å²) >= 11 is 1.33. The van der Waals surface area contributed by atoms with Crippen LogP contribution >= 0.6 is 11.3 Å². The fourth-order valence-corrected chi connectivity index (χ4v) is 5.37. The van der Waals surface area contributed by atoms with Gasteiger partial charge in [0.1, 0.15) is 15.5 Å². The molecular weight excluding hydrogens is 414 g/mol. The number of anilines is 1. The van der Waals surface area contributed by atoms with Crippen LogP contribution in [-0.4, -0.2) is 54.1 Å². The average Bonchev–Trinajstić information content (AvgIpc) is 3.35. The number of ether oxygens (including phenoxy) is 2. The zero-order valence-corrected chi connectivity index (χ0v) is 18.3. The van der Waals surface area contributed by atoms with Gasteiger partial charge in [-0.15, -0.1) is 11.3 Å². The predicted octanol–water partition coefficient (Wildman–Crippen LogP) is 3.33. The third-order valence-electron chi connectivity index (χ3n) is 5.67. The molecule has 1 N–H and O–H groups in total. The molecule has 31 heavy (non-hydrogen) atoms. The van der Waals surface area contributed by atoms with Crippen LogP contribution < -0.4 is 10.1 Å². The van der Waals surface area contributed by atoms with Crippen molar-refractivity contribution in [2.24, 2.45) is 0 Å². The summed E-state index contributed by atoms with van der Waals surface area (Å²) in [7, 11) is 0. The second kappa shape index (κ2) is 7.94. The molecule has 2 aliphatic heterocycles. The number of thiophene rings is 1. The minimum atomic E-state index is -0.627. The lowest BCUT2D eigenvalue weighted by atomic mass is 10.1. The number of para-hydroxylation sites is 1. The molecule has 0 bridgehead atoms. The average molecular weight is 438 g/mol. The minimum Gasteiger partial charge on any atom is -0.480 e. The number of pyridine rings is 1. The van der Waals surface area contributed by atoms with Gasteiger partial charge in [-0.25, -0.2) is 4.98 Å². The first-order valence-electron chi connectivity index (χ1n) is 10.3. The van der Waals surface area contributed by atoms with Gasteiger partial charge in [0.05, 0.1) is 18.9 Å². The van der Waals surface area contributed by atoms with E-state index in [2.05, 4.69) is 10.3 Å². The number of benzene rings is 1. The number of rotatable bonds is 3. The zero-order valence-electron chi connectivity index (χ0n) is 17.4. The van der Waals surface area contributed by atoms with Gasteiger partial charge in [-0.05, 0) is 37.1 Å². The lowest BCUT2D eigenvalue weighted by Crippen LogP contribution is -2.40. The summed E-state index contributed by atoms with van der Waals surface area (Å²) in [6.45, 7) is 6.01. The molecule has 7 nitrogen and oxygen atoms in total. The summed E-state index contributed by atoms with van der Waals surface area (Å²) in [5.74, 6) is 0.372. The van der Waals surface area contributed by atoms with Crippen LogP contribution in [0.25, 0.3) is 10.2 Å². The van der Waals surface area contributed by atoms with Crippen molar-refractivity contribution < 1.29 is 19.1 Å². The summed E-state index contributed by atoms with van der Waals surface area (Å²) < 4.78 is 11.2. The van der Waals surface area contributed by atoms with Gasteiger partial charge >= 0.3 is 0 Å². The number of aromatic nitrogens is 1. The van der Waals surface area contributed by atoms with Gasteiger partial charge in [0.2, 0.25) is 0 Å². The van der Waals surface area contributed by atoms with E-state index in [0.717, 1.165) is 32.8 Å². The van der Waals surface area contributed by atoms with E-state index >= 15 is 0 Å². The summed E-state index contributed by atoms with van der Waals surface area (Å²) in [5.41, 5.74) is 3.40. The molecule has 0 saturated carbocycles. The fourth-order valence-electron chi connectivity index (χ4n) is 4.15. The van der Waals surface area contributed by atoms with Crippen molar-refractivity contribution in [2.75, 3.05) is 31.6 Å². The number of hydrogen-bond donors (Lipinski definition) is 1. The molecule has 2 aromatic heterocycles. The zero-order chi connectivity index (χ0) is 21.5. The van der Waals surface area contributed by atoms with E-state index in [9.17, 15) is 9.59 Å². The van der Waals surface area contributed by atoms with Crippen LogP contribution in [0.3, 0.4) is 0 Å². The molecule has 4 heterocycles. The van der Waals surface area contributed by atoms with Gasteiger partial charge in [0.15, 0.2) is 6.10 Å². The number of hydrogen-bond acceptors (Lipinski definition) is 6. The van der Waals surface area contributed by atoms with Gasteiger partial charge in [-0.1, -0.05) is 18.2 Å². The first-order chi connectivity index (χ1) is 15.0. The maximum atomic E-state index is 13.3. The Morgan fingerprint density at radius 2 is 1.97 bits per heavy atom. The first kappa shape index (κ1) is 20.0. The molecule has 0 spiro atoms. The van der Waals surface area contributed by atoms with Gasteiger partial charge in [-0.2, -0.15) is 0 Å². The smallest absolute Gasteiger partial charge is 0.266 e. The van der Waals surface area contributed by atoms with Gasteiger partial charge in [0.25, 0.3) is 11.8 Å². The van der Waals surface area contributed by atoms with Crippen molar-refractivity contribution in [1.82, 2.24) is 9.88 Å². The Labute approximate surface area is 184 Å². The number of amides is 2. The van der Waals surface area contributed by atoms with Gasteiger partial charge in [0, 0.05) is 30.6 Å². The van der Waals surface area contributed by atoms with Crippen molar-refractivity contribution in [3.8, 4) is 5.75 Å². The number of fused-ring (bicyclic) bond motifs is 2. The summed E-state index contributed by atoms with van der Waals surface area (Å²) in [5, 5.41) is 3.83. The molecule has 1 saturated heterocycles. The third kappa shape index (κ3) is 3.66. The van der Waals surface area contributed by atoms with E-state index in [1.165, 1.54) is 11.3 Å². The maximum absolute atomic E-state index is 13.3. The molecule has 8 heteroatoms. The van der Waals surface area contributed by atoms with Crippen LogP contribution in [0.1, 0.15) is 26.5 Å². The molecule has 0 unspecified atom stereocenters. The lowest BCUT2D eigenvalue weighted by molar-refractivity contribution is -0.122. The van der Waals surface area contributed by atoms with E-state index in [1.54, 1.807) is 4.90 Å². The topological polar surface area (TPSA) is 80.8 Å². The standard InChI is InChI=1S/C23H23N3O4S/c1-13-11-14(2)24-22-18(13)19(20(31-22)23(28)26-7-9-29-10-8-26)25-21(27)17-12-15-5-3-4-6-16(15)30-17/h3-6,11,17H,7-10,12H2,1-2H3,(H,25,27)/t17-/m0/s1. The highest BCUT2D eigenvalue weighted by Gasteiger charge is 2.32. The highest BCUT2D eigenvalue weighted by molar-refractivity contribution is 7.21. The van der Waals surface area contributed by atoms with Crippen LogP contribution in [0.5, 0.6) is 5.75 Å². The van der Waals surface area contributed by atoms with Crippen LogP contribution in [0.15, 0.2) is 30.3 Å². The molecule has 3 aromatic rings. The number of nitrogens with one attached hydrogen (secondary N) is 1. The molecule has 1 atom stereocenters. The highest BCUT2D eigenvalue weighted by Crippen LogP contribution is 2.39. The lowest BCUT2D eigenvalue weighted by Gasteiger charge is -2.26. The highest BCUT2D eigenvalue weighted by atomic mass is 32.1. The van der Waals surface area contributed by atoms with Crippen LogP contribution in [0.4, 0.5) is 5.69 Å². The van der Waals surface area contributed by atoms with Crippen LogP contribution in [0.2, 0.25) is 0 Å². The largest absolute Gasteiger partial charge is 0.480 e. The number of carbonyl (C=O) groups is 2. The molecule has 0 aliphatic carbocycles. The van der Waals surface area contributed by atoms with E-state index in [4.69, 9.17) is 9.47 Å². The maximum Gasteiger partial charge on any atom is 0.266 e. The quantitative estimate of drug-likeness (QED) is 0.680. The Morgan fingerprint density at radius 3 is 2.74 bits per heavy atom. The third-order valence-corrected chi connectivity index (χ3v) is 6.74. The van der Waals surface area contributed by atoms with E-state index < -0.39 is 6.10 Å². The monoisotopic (exact) mass is 437 g/mol. The summed E-state index contributed by atoms with van der Waals surface area (Å²) in [4.78, 5) is 34.1. The van der Waals surface area contributed by atoms with Crippen molar-refractivity contribution in [3.63, 3.8) is 0 Å². The molecule has 1 aromatic carbocycles. The summed E-state index contributed by atoms with van der Waals surface area (Å²) in [6.07, 6.45) is -0.120. The molecule has 0 radical (unpaired) electrons. The Morgan fingerprint density at radius 1 is 1.19 bits per heavy atom. The molecule has 2 aliphatic rings. The number of morpholine rings is 1. The number of carbonyl (C=O) groups excluding carboxylic acids is 2. The molecule has 5 rings (SSSR count). The normalized spacial score (nSPS) is 18.0. The van der Waals surface area contributed by atoms with Crippen molar-refractivity contribution in [2.45, 2.75) is 26.4 Å². The minimum absolute atomic E-state index is 0.103. The van der Waals surface area contributed by atoms with Crippen molar-refractivity contribution in [3.05, 3.63) is 52.0 Å². The van der Waals surface area contributed by atoms with Crippen LogP contribution in [-0.2, 0) is 16.0 Å². The second-order valence-corrected chi connectivity index (χ2v) is 8.88. The van der Waals surface area contributed by atoms with E-state index in [-0.39, 0.29) is 11.8 Å². The van der Waals surface area contributed by atoms with Crippen molar-refractivity contribution >= 4 is 39.1 Å². The summed E-state index contributed by atoms with van der Waals surface area (Å²) in [6, 6.07) is 9.63. The predicted molar refractivity (Wildman–Crippen MR) is 119 cm³/mol. The Hall–Kier alpha value is -2.97. The van der Waals surface area contributed by atoms with Gasteiger partial charge in [-0.3, -0.25) is 9.59 Å². The first-order valence-corrected chi connectivity index (χ1v) is 11.2. The molecule has 2 amide bonds. The van der Waals surface area contributed by atoms with Gasteiger partial charge < -0.3 is 19.7 Å². The number of nitrogens with zero attached hydrogens (tertiary/aromatic N) is 2. The fraction of sp³-hybridized carbons (Fsp3) is 0.348. The SMILES string of the molecule is Cc1cc(C)c2c(NC(=O)[C@@H]3Cc4ccccc4O3)c(C(=O)N3CCOCC3)sc2n1. The van der Waals surface area contributed by atoms with E-state index in [1.807, 2.05) is 44.2 Å². The second-order valence-electron chi connectivity index (χ2n) is 7.88. The molecular formula is C23H23N3O4S. The number of aryl methyl sites for hydroxylation is 2. The molecule has 1 fully saturated rings. The van der Waals surface area contributed by atoms with Crippen LogP contribution in [0, 0.1) is 13.8 Å². The molecule has 160 valence electrons. The Balaban J connectivity index is 1.50. The Kier molecular flexibility index (Phi) is 5.11. The Bertz CT molecular complexity index is 1160. The van der Waals surface area contributed by atoms with Crippen molar-refractivity contribution in [1.29, 1.82) is 0 Å².